The van der Waals surface area contributed by atoms with Crippen molar-refractivity contribution in [2.45, 2.75) is 19.0 Å². The minimum absolute atomic E-state index is 0.275. The van der Waals surface area contributed by atoms with E-state index in [2.05, 4.69) is 4.74 Å². The summed E-state index contributed by atoms with van der Waals surface area (Å²) in [6.07, 6.45) is -9.73. The Kier molecular flexibility index (Phi) is 3.80. The Labute approximate surface area is 97.8 Å². The number of benzene rings is 1. The van der Waals surface area contributed by atoms with E-state index >= 15 is 0 Å². The van der Waals surface area contributed by atoms with Gasteiger partial charge >= 0.3 is 12.4 Å². The average molecular weight is 274 g/mol. The van der Waals surface area contributed by atoms with Gasteiger partial charge in [0.1, 0.15) is 5.75 Å². The lowest BCUT2D eigenvalue weighted by molar-refractivity contribution is -0.143. The van der Waals surface area contributed by atoms with Crippen molar-refractivity contribution < 1.29 is 36.2 Å². The highest BCUT2D eigenvalue weighted by atomic mass is 19.4. The lowest BCUT2D eigenvalue weighted by atomic mass is 10.0. The molecule has 0 aliphatic rings. The average Bonchev–Trinajstić information content (AvgIpc) is 2.24. The molecular formula is C10H8F6O2. The molecule has 1 N–H and O–H groups in total. The summed E-state index contributed by atoms with van der Waals surface area (Å²) in [5.41, 5.74) is -3.64. The number of aliphatic hydroxyl groups is 1. The number of methoxy groups -OCH3 is 1. The summed E-state index contributed by atoms with van der Waals surface area (Å²) in [6, 6.07) is 0.553. The van der Waals surface area contributed by atoms with Crippen LogP contribution in [0.3, 0.4) is 0 Å². The zero-order chi connectivity index (χ0) is 14.1. The quantitative estimate of drug-likeness (QED) is 0.839. The van der Waals surface area contributed by atoms with Crippen LogP contribution in [0.4, 0.5) is 26.3 Å². The van der Waals surface area contributed by atoms with Gasteiger partial charge in [-0.2, -0.15) is 26.3 Å². The van der Waals surface area contributed by atoms with Crippen molar-refractivity contribution in [3.63, 3.8) is 0 Å². The third kappa shape index (κ3) is 2.69. The first-order valence-corrected chi connectivity index (χ1v) is 4.58. The Morgan fingerprint density at radius 2 is 1.44 bits per heavy atom. The van der Waals surface area contributed by atoms with Gasteiger partial charge in [0, 0.05) is 5.56 Å². The minimum atomic E-state index is -4.87. The summed E-state index contributed by atoms with van der Waals surface area (Å²) in [5, 5.41) is 8.84. The van der Waals surface area contributed by atoms with Crippen molar-refractivity contribution >= 4 is 0 Å². The molecule has 1 aromatic carbocycles. The minimum Gasteiger partial charge on any atom is -0.496 e. The van der Waals surface area contributed by atoms with Gasteiger partial charge in [-0.05, 0) is 12.1 Å². The molecule has 8 heteroatoms. The van der Waals surface area contributed by atoms with E-state index in [1.54, 1.807) is 0 Å². The Balaban J connectivity index is 3.57. The zero-order valence-electron chi connectivity index (χ0n) is 8.99. The SMILES string of the molecule is COc1c(C(F)(F)F)ccc(C(F)(F)F)c1CO. The maximum absolute atomic E-state index is 12.5. The van der Waals surface area contributed by atoms with Crippen molar-refractivity contribution in [3.8, 4) is 5.75 Å². The number of hydrogen-bond donors (Lipinski definition) is 1. The number of rotatable bonds is 2. The molecule has 0 spiro atoms. The fourth-order valence-electron chi connectivity index (χ4n) is 1.51. The topological polar surface area (TPSA) is 29.5 Å². The van der Waals surface area contributed by atoms with E-state index in [9.17, 15) is 26.3 Å². The van der Waals surface area contributed by atoms with Gasteiger partial charge in [-0.15, -0.1) is 0 Å². The molecule has 0 aromatic heterocycles. The van der Waals surface area contributed by atoms with Crippen molar-refractivity contribution in [1.82, 2.24) is 0 Å². The smallest absolute Gasteiger partial charge is 0.419 e. The van der Waals surface area contributed by atoms with Gasteiger partial charge in [-0.25, -0.2) is 0 Å². The zero-order valence-corrected chi connectivity index (χ0v) is 8.99. The molecule has 0 aliphatic heterocycles. The van der Waals surface area contributed by atoms with Gasteiger partial charge in [0.2, 0.25) is 0 Å². The van der Waals surface area contributed by atoms with Crippen molar-refractivity contribution in [2.24, 2.45) is 0 Å². The molecular weight excluding hydrogens is 266 g/mol. The molecule has 0 saturated heterocycles. The van der Waals surface area contributed by atoms with Crippen LogP contribution in [-0.4, -0.2) is 12.2 Å². The van der Waals surface area contributed by atoms with E-state index in [1.807, 2.05) is 0 Å². The third-order valence-corrected chi connectivity index (χ3v) is 2.23. The molecule has 0 amide bonds. The van der Waals surface area contributed by atoms with E-state index in [0.717, 1.165) is 7.11 Å². The second-order valence-corrected chi connectivity index (χ2v) is 3.33. The molecule has 0 fully saturated rings. The number of halogens is 6. The van der Waals surface area contributed by atoms with E-state index in [4.69, 9.17) is 5.11 Å². The second kappa shape index (κ2) is 4.68. The highest BCUT2D eigenvalue weighted by Gasteiger charge is 2.40. The van der Waals surface area contributed by atoms with Crippen LogP contribution in [0, 0.1) is 0 Å². The summed E-state index contributed by atoms with van der Waals surface area (Å²) in [7, 11) is 0.809. The molecule has 2 nitrogen and oxygen atoms in total. The van der Waals surface area contributed by atoms with Crippen LogP contribution in [0.5, 0.6) is 5.75 Å². The first kappa shape index (κ1) is 14.6. The summed E-state index contributed by atoms with van der Waals surface area (Å²) in [6.45, 7) is -1.21. The molecule has 0 radical (unpaired) electrons. The van der Waals surface area contributed by atoms with Crippen molar-refractivity contribution in [2.75, 3.05) is 7.11 Å². The maximum atomic E-state index is 12.5. The van der Waals surface area contributed by atoms with Gasteiger partial charge in [0.15, 0.2) is 0 Å². The van der Waals surface area contributed by atoms with Gasteiger partial charge in [-0.1, -0.05) is 0 Å². The Morgan fingerprint density at radius 3 is 1.78 bits per heavy atom. The van der Waals surface area contributed by atoms with E-state index in [1.165, 1.54) is 0 Å². The largest absolute Gasteiger partial charge is 0.496 e. The first-order valence-electron chi connectivity index (χ1n) is 4.58. The lowest BCUT2D eigenvalue weighted by Crippen LogP contribution is -2.15. The fourth-order valence-corrected chi connectivity index (χ4v) is 1.51. The van der Waals surface area contributed by atoms with E-state index in [-0.39, 0.29) is 12.1 Å². The summed E-state index contributed by atoms with van der Waals surface area (Å²) < 4.78 is 79.6. The monoisotopic (exact) mass is 274 g/mol. The van der Waals surface area contributed by atoms with Crippen LogP contribution in [0.25, 0.3) is 0 Å². The highest BCUT2D eigenvalue weighted by molar-refractivity contribution is 5.48. The van der Waals surface area contributed by atoms with Crippen LogP contribution in [0.2, 0.25) is 0 Å². The Hall–Kier alpha value is -1.44. The number of alkyl halides is 6. The highest BCUT2D eigenvalue weighted by Crippen LogP contribution is 2.43. The molecule has 1 rings (SSSR count). The maximum Gasteiger partial charge on any atom is 0.419 e. The summed E-state index contributed by atoms with van der Waals surface area (Å²) >= 11 is 0. The predicted molar refractivity (Wildman–Crippen MR) is 48.9 cm³/mol. The van der Waals surface area contributed by atoms with Gasteiger partial charge < -0.3 is 9.84 Å². The van der Waals surface area contributed by atoms with Crippen LogP contribution >= 0.6 is 0 Å². The fraction of sp³-hybridized carbons (Fsp3) is 0.400. The molecule has 0 heterocycles. The molecule has 0 atom stereocenters. The van der Waals surface area contributed by atoms with Crippen molar-refractivity contribution in [1.29, 1.82) is 0 Å². The molecule has 0 unspecified atom stereocenters. The number of ether oxygens (including phenoxy) is 1. The van der Waals surface area contributed by atoms with Crippen LogP contribution in [0.15, 0.2) is 12.1 Å². The molecule has 102 valence electrons. The second-order valence-electron chi connectivity index (χ2n) is 3.33. The predicted octanol–water partition coefficient (Wildman–Crippen LogP) is 3.23. The van der Waals surface area contributed by atoms with E-state index in [0.29, 0.717) is 0 Å². The van der Waals surface area contributed by atoms with E-state index < -0.39 is 41.4 Å². The standard InChI is InChI=1S/C10H8F6O2/c1-18-8-5(4-17)6(9(11,12)13)2-3-7(8)10(14,15)16/h2-3,17H,4H2,1H3. The van der Waals surface area contributed by atoms with Crippen LogP contribution in [0.1, 0.15) is 16.7 Å². The summed E-state index contributed by atoms with van der Waals surface area (Å²) in [4.78, 5) is 0. The van der Waals surface area contributed by atoms with Crippen LogP contribution < -0.4 is 4.74 Å². The van der Waals surface area contributed by atoms with Crippen LogP contribution in [-0.2, 0) is 19.0 Å². The molecule has 0 aliphatic carbocycles. The first-order chi connectivity index (χ1) is 8.12. The molecule has 18 heavy (non-hydrogen) atoms. The Bertz CT molecular complexity index is 394. The lowest BCUT2D eigenvalue weighted by Gasteiger charge is -2.19. The van der Waals surface area contributed by atoms with Gasteiger partial charge in [-0.3, -0.25) is 0 Å². The molecule has 0 bridgehead atoms. The number of hydrogen-bond acceptors (Lipinski definition) is 2. The normalized spacial score (nSPS) is 12.7. The van der Waals surface area contributed by atoms with Crippen molar-refractivity contribution in [3.05, 3.63) is 28.8 Å². The third-order valence-electron chi connectivity index (χ3n) is 2.23. The van der Waals surface area contributed by atoms with Gasteiger partial charge in [0.05, 0.1) is 24.8 Å². The van der Waals surface area contributed by atoms with Gasteiger partial charge in [0.25, 0.3) is 0 Å². The summed E-state index contributed by atoms with van der Waals surface area (Å²) in [5.74, 6) is -1.01. The molecule has 0 saturated carbocycles. The molecule has 1 aromatic rings. The number of aliphatic hydroxyl groups excluding tert-OH is 1. The Morgan fingerprint density at radius 1 is 1.00 bits per heavy atom.